The van der Waals surface area contributed by atoms with Gasteiger partial charge in [0.2, 0.25) is 0 Å². The van der Waals surface area contributed by atoms with E-state index in [1.54, 1.807) is 14.2 Å². The van der Waals surface area contributed by atoms with Crippen molar-refractivity contribution in [2.75, 3.05) is 20.8 Å². The summed E-state index contributed by atoms with van der Waals surface area (Å²) in [5.74, 6) is 1.63. The predicted molar refractivity (Wildman–Crippen MR) is 122 cm³/mol. The number of nitrogens with one attached hydrogen (secondary N) is 2. The van der Waals surface area contributed by atoms with Crippen LogP contribution < -0.4 is 15.4 Å². The van der Waals surface area contributed by atoms with Crippen LogP contribution in [0.2, 0.25) is 0 Å². The number of rotatable bonds is 8. The minimum Gasteiger partial charge on any atom is -0.496 e. The highest BCUT2D eigenvalue weighted by atomic mass is 127. The molecule has 0 fully saturated rings. The largest absolute Gasteiger partial charge is 0.496 e. The number of methoxy groups -OCH3 is 1. The topological polar surface area (TPSA) is 54.9 Å². The van der Waals surface area contributed by atoms with Crippen molar-refractivity contribution in [3.05, 3.63) is 64.7 Å². The first-order chi connectivity index (χ1) is 12.7. The van der Waals surface area contributed by atoms with Crippen LogP contribution in [0, 0.1) is 6.92 Å². The van der Waals surface area contributed by atoms with Crippen LogP contribution in [0.25, 0.3) is 0 Å². The first-order valence-electron chi connectivity index (χ1n) is 8.90. The van der Waals surface area contributed by atoms with E-state index in [-0.39, 0.29) is 24.0 Å². The Morgan fingerprint density at radius 1 is 1.00 bits per heavy atom. The van der Waals surface area contributed by atoms with Gasteiger partial charge in [0.1, 0.15) is 5.75 Å². The standard InChI is InChI=1S/C21H29N3O2.HI/c1-5-26-15-19-9-7-6-8-17(19)13-23-21(22-3)24-14-18-11-10-16(2)12-20(18)25-4;/h6-12H,5,13-15H2,1-4H3,(H2,22,23,24);1H. The molecular formula is C21H30IN3O2. The Kier molecular flexibility index (Phi) is 10.8. The first kappa shape index (κ1) is 23.2. The molecule has 5 nitrogen and oxygen atoms in total. The third-order valence-corrected chi connectivity index (χ3v) is 4.14. The molecule has 0 saturated heterocycles. The molecule has 27 heavy (non-hydrogen) atoms. The van der Waals surface area contributed by atoms with Crippen molar-refractivity contribution in [3.8, 4) is 5.75 Å². The van der Waals surface area contributed by atoms with Crippen molar-refractivity contribution in [2.24, 2.45) is 4.99 Å². The summed E-state index contributed by atoms with van der Waals surface area (Å²) in [5.41, 5.74) is 4.67. The zero-order chi connectivity index (χ0) is 18.8. The number of aryl methyl sites for hydroxylation is 1. The fourth-order valence-electron chi connectivity index (χ4n) is 2.66. The summed E-state index contributed by atoms with van der Waals surface area (Å²) in [7, 11) is 3.47. The third kappa shape index (κ3) is 7.38. The highest BCUT2D eigenvalue weighted by Gasteiger charge is 2.06. The molecule has 0 saturated carbocycles. The van der Waals surface area contributed by atoms with Crippen molar-refractivity contribution in [2.45, 2.75) is 33.5 Å². The summed E-state index contributed by atoms with van der Waals surface area (Å²) in [6.45, 7) is 6.73. The molecule has 0 atom stereocenters. The van der Waals surface area contributed by atoms with Crippen LogP contribution >= 0.6 is 24.0 Å². The van der Waals surface area contributed by atoms with E-state index in [0.717, 1.165) is 17.3 Å². The SMILES string of the molecule is CCOCc1ccccc1CNC(=NC)NCc1ccc(C)cc1OC.I. The van der Waals surface area contributed by atoms with E-state index in [2.05, 4.69) is 46.8 Å². The molecule has 0 aliphatic rings. The molecule has 0 heterocycles. The maximum Gasteiger partial charge on any atom is 0.191 e. The van der Waals surface area contributed by atoms with Crippen molar-refractivity contribution >= 4 is 29.9 Å². The van der Waals surface area contributed by atoms with E-state index >= 15 is 0 Å². The molecule has 0 aromatic heterocycles. The van der Waals surface area contributed by atoms with E-state index in [0.29, 0.717) is 26.3 Å². The fraction of sp³-hybridized carbons (Fsp3) is 0.381. The zero-order valence-electron chi connectivity index (χ0n) is 16.5. The molecule has 2 aromatic rings. The maximum atomic E-state index is 5.55. The van der Waals surface area contributed by atoms with Crippen LogP contribution in [0.3, 0.4) is 0 Å². The van der Waals surface area contributed by atoms with Crippen molar-refractivity contribution < 1.29 is 9.47 Å². The average Bonchev–Trinajstić information content (AvgIpc) is 2.67. The molecule has 0 radical (unpaired) electrons. The van der Waals surface area contributed by atoms with Gasteiger partial charge in [-0.15, -0.1) is 24.0 Å². The number of halogens is 1. The minimum absolute atomic E-state index is 0. The molecule has 2 N–H and O–H groups in total. The summed E-state index contributed by atoms with van der Waals surface area (Å²) in [6, 6.07) is 14.5. The Hall–Kier alpha value is -1.80. The Balaban J connectivity index is 0.00000364. The number of benzene rings is 2. The summed E-state index contributed by atoms with van der Waals surface area (Å²) in [6.07, 6.45) is 0. The molecule has 0 unspecified atom stereocenters. The number of nitrogens with zero attached hydrogens (tertiary/aromatic N) is 1. The van der Waals surface area contributed by atoms with Gasteiger partial charge in [-0.3, -0.25) is 4.99 Å². The van der Waals surface area contributed by atoms with E-state index in [1.807, 2.05) is 25.1 Å². The molecule has 0 spiro atoms. The number of ether oxygens (including phenoxy) is 2. The van der Waals surface area contributed by atoms with Crippen molar-refractivity contribution in [1.82, 2.24) is 10.6 Å². The summed E-state index contributed by atoms with van der Waals surface area (Å²) < 4.78 is 11.0. The molecule has 0 bridgehead atoms. The fourth-order valence-corrected chi connectivity index (χ4v) is 2.66. The van der Waals surface area contributed by atoms with Crippen molar-refractivity contribution in [1.29, 1.82) is 0 Å². The van der Waals surface area contributed by atoms with Gasteiger partial charge in [-0.25, -0.2) is 0 Å². The van der Waals surface area contributed by atoms with Crippen molar-refractivity contribution in [3.63, 3.8) is 0 Å². The number of hydrogen-bond donors (Lipinski definition) is 2. The van der Waals surface area contributed by atoms with Crippen LogP contribution in [0.4, 0.5) is 0 Å². The lowest BCUT2D eigenvalue weighted by atomic mass is 10.1. The number of aliphatic imine (C=N–C) groups is 1. The van der Waals surface area contributed by atoms with Crippen LogP contribution in [0.1, 0.15) is 29.2 Å². The highest BCUT2D eigenvalue weighted by Crippen LogP contribution is 2.19. The normalized spacial score (nSPS) is 10.9. The molecule has 2 aromatic carbocycles. The van der Waals surface area contributed by atoms with E-state index < -0.39 is 0 Å². The molecule has 6 heteroatoms. The lowest BCUT2D eigenvalue weighted by Gasteiger charge is -2.15. The van der Waals surface area contributed by atoms with Crippen LogP contribution in [-0.2, 0) is 24.4 Å². The van der Waals surface area contributed by atoms with E-state index in [4.69, 9.17) is 9.47 Å². The summed E-state index contributed by atoms with van der Waals surface area (Å²) in [4.78, 5) is 4.31. The quantitative estimate of drug-likeness (QED) is 0.339. The highest BCUT2D eigenvalue weighted by molar-refractivity contribution is 14.0. The molecular weight excluding hydrogens is 453 g/mol. The molecule has 0 amide bonds. The van der Waals surface area contributed by atoms with Crippen LogP contribution in [0.5, 0.6) is 5.75 Å². The second-order valence-corrected chi connectivity index (χ2v) is 6.00. The zero-order valence-corrected chi connectivity index (χ0v) is 18.9. The Labute approximate surface area is 179 Å². The Bertz CT molecular complexity index is 735. The summed E-state index contributed by atoms with van der Waals surface area (Å²) in [5, 5.41) is 6.70. The summed E-state index contributed by atoms with van der Waals surface area (Å²) >= 11 is 0. The average molecular weight is 483 g/mol. The van der Waals surface area contributed by atoms with Gasteiger partial charge in [-0.05, 0) is 36.6 Å². The van der Waals surface area contributed by atoms with Gasteiger partial charge in [0.05, 0.1) is 13.7 Å². The van der Waals surface area contributed by atoms with Gasteiger partial charge in [0.15, 0.2) is 5.96 Å². The van der Waals surface area contributed by atoms with Gasteiger partial charge < -0.3 is 20.1 Å². The van der Waals surface area contributed by atoms with E-state index in [9.17, 15) is 0 Å². The Morgan fingerprint density at radius 2 is 1.67 bits per heavy atom. The van der Waals surface area contributed by atoms with Crippen LogP contribution in [-0.4, -0.2) is 26.7 Å². The van der Waals surface area contributed by atoms with Gasteiger partial charge in [0, 0.05) is 32.3 Å². The Morgan fingerprint density at radius 3 is 2.30 bits per heavy atom. The number of guanidine groups is 1. The monoisotopic (exact) mass is 483 g/mol. The second-order valence-electron chi connectivity index (χ2n) is 6.00. The van der Waals surface area contributed by atoms with Gasteiger partial charge in [0.25, 0.3) is 0 Å². The lowest BCUT2D eigenvalue weighted by Crippen LogP contribution is -2.36. The van der Waals surface area contributed by atoms with E-state index in [1.165, 1.54) is 16.7 Å². The maximum absolute atomic E-state index is 5.55. The minimum atomic E-state index is 0. The third-order valence-electron chi connectivity index (χ3n) is 4.14. The van der Waals surface area contributed by atoms with Gasteiger partial charge in [-0.2, -0.15) is 0 Å². The number of hydrogen-bond acceptors (Lipinski definition) is 3. The first-order valence-corrected chi connectivity index (χ1v) is 8.90. The smallest absolute Gasteiger partial charge is 0.191 e. The van der Waals surface area contributed by atoms with Gasteiger partial charge in [-0.1, -0.05) is 36.4 Å². The molecule has 0 aliphatic heterocycles. The van der Waals surface area contributed by atoms with Gasteiger partial charge >= 0.3 is 0 Å². The predicted octanol–water partition coefficient (Wildman–Crippen LogP) is 4.02. The molecule has 148 valence electrons. The van der Waals surface area contributed by atoms with Crippen LogP contribution in [0.15, 0.2) is 47.5 Å². The molecule has 2 rings (SSSR count). The second kappa shape index (κ2) is 12.6. The molecule has 0 aliphatic carbocycles. The lowest BCUT2D eigenvalue weighted by molar-refractivity contribution is 0.133.